The molecule has 2 heterocycles. The van der Waals surface area contributed by atoms with Crippen molar-refractivity contribution in [1.29, 1.82) is 0 Å². The van der Waals surface area contributed by atoms with E-state index in [9.17, 15) is 9.59 Å². The molecule has 0 spiro atoms. The van der Waals surface area contributed by atoms with E-state index in [4.69, 9.17) is 9.47 Å². The van der Waals surface area contributed by atoms with Crippen LogP contribution in [0.2, 0.25) is 0 Å². The molecule has 2 amide bonds. The summed E-state index contributed by atoms with van der Waals surface area (Å²) in [6, 6.07) is 21.4. The Morgan fingerprint density at radius 1 is 0.800 bits per heavy atom. The van der Waals surface area contributed by atoms with Gasteiger partial charge in [0.15, 0.2) is 0 Å². The lowest BCUT2D eigenvalue weighted by Gasteiger charge is -2.32. The molecule has 0 unspecified atom stereocenters. The van der Waals surface area contributed by atoms with Crippen LogP contribution < -0.4 is 10.6 Å². The average Bonchev–Trinajstić information content (AvgIpc) is 3.76. The van der Waals surface area contributed by atoms with Gasteiger partial charge in [-0.15, -0.1) is 10.2 Å². The Kier molecular flexibility index (Phi) is 10.2. The largest absolute Gasteiger partial charge is 0.371 e. The third-order valence-corrected chi connectivity index (χ3v) is 8.56. The Hall–Kier alpha value is -4.42. The van der Waals surface area contributed by atoms with Crippen molar-refractivity contribution in [2.75, 3.05) is 0 Å². The Balaban J connectivity index is 1.12. The first-order valence-corrected chi connectivity index (χ1v) is 15.9. The summed E-state index contributed by atoms with van der Waals surface area (Å²) in [7, 11) is 0. The van der Waals surface area contributed by atoms with Gasteiger partial charge in [-0.05, 0) is 42.0 Å². The van der Waals surface area contributed by atoms with Crippen LogP contribution in [-0.2, 0) is 34.0 Å². The number of H-pyrrole nitrogens is 1. The van der Waals surface area contributed by atoms with Crippen LogP contribution in [0, 0.1) is 0 Å². The number of rotatable bonds is 12. The molecule has 45 heavy (non-hydrogen) atoms. The number of hydrogen-bond donors (Lipinski definition) is 3. The minimum atomic E-state index is -0.327. The van der Waals surface area contributed by atoms with E-state index in [1.165, 1.54) is 4.68 Å². The number of ether oxygens (including phenoxy) is 2. The number of amides is 2. The van der Waals surface area contributed by atoms with Crippen LogP contribution in [0.3, 0.4) is 0 Å². The van der Waals surface area contributed by atoms with E-state index in [2.05, 4.69) is 36.4 Å². The van der Waals surface area contributed by atoms with Crippen molar-refractivity contribution in [2.45, 2.75) is 95.4 Å². The lowest BCUT2D eigenvalue weighted by molar-refractivity contribution is -0.124. The fraction of sp³-hybridized carbons (Fsp3) is 0.455. The number of carbonyl (C=O) groups is 2. The molecule has 3 N–H and O–H groups in total. The quantitative estimate of drug-likeness (QED) is 0.218. The van der Waals surface area contributed by atoms with Crippen molar-refractivity contribution < 1.29 is 19.1 Å². The average molecular weight is 613 g/mol. The number of nitrogens with zero attached hydrogens (tertiary/aromatic N) is 5. The summed E-state index contributed by atoms with van der Waals surface area (Å²) in [5, 5.41) is 24.9. The van der Waals surface area contributed by atoms with Gasteiger partial charge in [0, 0.05) is 6.07 Å². The van der Waals surface area contributed by atoms with Crippen molar-refractivity contribution >= 4 is 11.8 Å². The molecule has 0 bridgehead atoms. The molecule has 236 valence electrons. The summed E-state index contributed by atoms with van der Waals surface area (Å²) in [6.07, 6.45) is 7.30. The molecule has 0 radical (unpaired) electrons. The molecule has 2 aliphatic rings. The number of aromatic amines is 1. The first-order valence-electron chi connectivity index (χ1n) is 15.9. The highest BCUT2D eigenvalue weighted by atomic mass is 16.5. The first kappa shape index (κ1) is 30.6. The maximum Gasteiger partial charge on any atom is 0.269 e. The van der Waals surface area contributed by atoms with Gasteiger partial charge in [0.05, 0.1) is 37.5 Å². The number of benzene rings is 2. The molecular formula is C33H40N8O4. The Morgan fingerprint density at radius 3 is 1.96 bits per heavy atom. The highest BCUT2D eigenvalue weighted by Crippen LogP contribution is 2.25. The third-order valence-electron chi connectivity index (χ3n) is 8.56. The highest BCUT2D eigenvalue weighted by molar-refractivity contribution is 5.94. The van der Waals surface area contributed by atoms with E-state index < -0.39 is 0 Å². The topological polar surface area (TPSA) is 149 Å². The third kappa shape index (κ3) is 8.20. The smallest absolute Gasteiger partial charge is 0.269 e. The summed E-state index contributed by atoms with van der Waals surface area (Å²) in [5.41, 5.74) is 2.79. The van der Waals surface area contributed by atoms with Gasteiger partial charge in [-0.25, -0.2) is 4.68 Å². The second kappa shape index (κ2) is 15.0. The fourth-order valence-corrected chi connectivity index (χ4v) is 6.21. The molecule has 2 aromatic heterocycles. The Morgan fingerprint density at radius 2 is 1.38 bits per heavy atom. The van der Waals surface area contributed by atoms with Crippen molar-refractivity contribution in [3.8, 4) is 11.5 Å². The maximum atomic E-state index is 13.7. The summed E-state index contributed by atoms with van der Waals surface area (Å²) < 4.78 is 13.9. The summed E-state index contributed by atoms with van der Waals surface area (Å²) in [5.74, 6) is -0.327. The van der Waals surface area contributed by atoms with Crippen LogP contribution in [0.15, 0.2) is 66.7 Å². The van der Waals surface area contributed by atoms with Gasteiger partial charge in [-0.1, -0.05) is 86.3 Å². The van der Waals surface area contributed by atoms with Gasteiger partial charge >= 0.3 is 0 Å². The lowest BCUT2D eigenvalue weighted by Crippen LogP contribution is -2.48. The van der Waals surface area contributed by atoms with Crippen molar-refractivity contribution in [3.63, 3.8) is 0 Å². The minimum absolute atomic E-state index is 0.0858. The SMILES string of the molecule is O=C(Cn1nc(-c2nn[nH]n2)cc1C(=O)N[C@H]1CCCC[C@@H]1OCc1ccccc1)N[C@@H]1CCCC[C@H]1OCc1ccccc1. The van der Waals surface area contributed by atoms with Crippen LogP contribution >= 0.6 is 0 Å². The van der Waals surface area contributed by atoms with Gasteiger partial charge in [-0.2, -0.15) is 10.3 Å². The minimum Gasteiger partial charge on any atom is -0.371 e. The first-order chi connectivity index (χ1) is 22.1. The van der Waals surface area contributed by atoms with Gasteiger partial charge in [0.1, 0.15) is 17.9 Å². The standard InChI is InChI=1S/C33H40N8O4/c42-31(34-25-15-7-9-17-29(25)44-21-23-11-3-1-4-12-23)20-41-28(19-27(38-41)32-36-39-40-37-32)33(43)35-26-16-8-10-18-30(26)45-22-24-13-5-2-6-14-24/h1-6,11-14,19,25-26,29-30H,7-10,15-18,20-22H2,(H,34,42)(H,35,43)(H,36,37,39,40)/t25-,26+,29-,30+/m1/s1. The van der Waals surface area contributed by atoms with Crippen LogP contribution in [0.5, 0.6) is 0 Å². The van der Waals surface area contributed by atoms with Crippen LogP contribution in [0.4, 0.5) is 0 Å². The number of carbonyl (C=O) groups excluding carboxylic acids is 2. The summed E-state index contributed by atoms with van der Waals surface area (Å²) in [6.45, 7) is 0.836. The number of nitrogens with one attached hydrogen (secondary N) is 3. The number of aromatic nitrogens is 6. The Bertz CT molecular complexity index is 1510. The van der Waals surface area contributed by atoms with Gasteiger partial charge in [0.2, 0.25) is 11.7 Å². The van der Waals surface area contributed by atoms with Crippen LogP contribution in [0.25, 0.3) is 11.5 Å². The number of hydrogen-bond acceptors (Lipinski definition) is 8. The molecule has 4 atom stereocenters. The maximum absolute atomic E-state index is 13.7. The van der Waals surface area contributed by atoms with E-state index in [0.29, 0.717) is 18.9 Å². The van der Waals surface area contributed by atoms with E-state index >= 15 is 0 Å². The molecule has 2 fully saturated rings. The van der Waals surface area contributed by atoms with E-state index in [1.54, 1.807) is 6.07 Å². The van der Waals surface area contributed by atoms with Crippen molar-refractivity contribution in [2.24, 2.45) is 0 Å². The predicted octanol–water partition coefficient (Wildman–Crippen LogP) is 3.97. The fourth-order valence-electron chi connectivity index (χ4n) is 6.21. The zero-order valence-electron chi connectivity index (χ0n) is 25.3. The second-order valence-electron chi connectivity index (χ2n) is 11.8. The van der Waals surface area contributed by atoms with E-state index in [0.717, 1.165) is 62.5 Å². The predicted molar refractivity (Wildman–Crippen MR) is 166 cm³/mol. The zero-order valence-corrected chi connectivity index (χ0v) is 25.3. The van der Waals surface area contributed by atoms with Gasteiger partial charge in [-0.3, -0.25) is 9.59 Å². The molecule has 2 saturated carbocycles. The molecule has 2 aromatic carbocycles. The van der Waals surface area contributed by atoms with Crippen LogP contribution in [-0.4, -0.2) is 66.5 Å². The van der Waals surface area contributed by atoms with Crippen molar-refractivity contribution in [1.82, 2.24) is 41.0 Å². The lowest BCUT2D eigenvalue weighted by atomic mass is 9.92. The molecule has 12 heteroatoms. The van der Waals surface area contributed by atoms with Crippen molar-refractivity contribution in [3.05, 3.63) is 83.6 Å². The highest BCUT2D eigenvalue weighted by Gasteiger charge is 2.31. The van der Waals surface area contributed by atoms with Crippen LogP contribution in [0.1, 0.15) is 73.0 Å². The van der Waals surface area contributed by atoms with Gasteiger partial charge in [0.25, 0.3) is 5.91 Å². The van der Waals surface area contributed by atoms with Gasteiger partial charge < -0.3 is 20.1 Å². The zero-order chi connectivity index (χ0) is 30.8. The summed E-state index contributed by atoms with van der Waals surface area (Å²) in [4.78, 5) is 27.1. The monoisotopic (exact) mass is 612 g/mol. The molecule has 0 aliphatic heterocycles. The molecule has 6 rings (SSSR count). The molecule has 12 nitrogen and oxygen atoms in total. The molecule has 2 aliphatic carbocycles. The van der Waals surface area contributed by atoms with E-state index in [1.807, 2.05) is 60.7 Å². The van der Waals surface area contributed by atoms with E-state index in [-0.39, 0.29) is 54.2 Å². The summed E-state index contributed by atoms with van der Waals surface area (Å²) >= 11 is 0. The normalized spacial score (nSPS) is 21.7. The second-order valence-corrected chi connectivity index (χ2v) is 11.8. The molecule has 4 aromatic rings. The Labute approximate surface area is 262 Å². The number of tetrazole rings is 1. The molecule has 0 saturated heterocycles. The molecular weight excluding hydrogens is 572 g/mol.